The van der Waals surface area contributed by atoms with Crippen LogP contribution in [-0.4, -0.2) is 5.78 Å². The summed E-state index contributed by atoms with van der Waals surface area (Å²) < 4.78 is 1.15. The fourth-order valence-corrected chi connectivity index (χ4v) is 2.21. The molecule has 0 aliphatic carbocycles. The van der Waals surface area contributed by atoms with Gasteiger partial charge in [-0.25, -0.2) is 0 Å². The second-order valence-electron chi connectivity index (χ2n) is 2.94. The lowest BCUT2D eigenvalue weighted by Crippen LogP contribution is -2.08. The van der Waals surface area contributed by atoms with E-state index >= 15 is 0 Å². The van der Waals surface area contributed by atoms with Crippen molar-refractivity contribution in [3.8, 4) is 0 Å². The summed E-state index contributed by atoms with van der Waals surface area (Å²) in [7, 11) is 0. The van der Waals surface area contributed by atoms with E-state index < -0.39 is 0 Å². The highest BCUT2D eigenvalue weighted by Gasteiger charge is 2.10. The molecule has 12 heavy (non-hydrogen) atoms. The Morgan fingerprint density at radius 1 is 1.75 bits per heavy atom. The fourth-order valence-electron chi connectivity index (χ4n) is 0.939. The SMILES string of the molecule is CC(=O)C(C)Cc1ccsc1Br. The van der Waals surface area contributed by atoms with Crippen LogP contribution in [-0.2, 0) is 11.2 Å². The maximum atomic E-state index is 11.0. The summed E-state index contributed by atoms with van der Waals surface area (Å²) in [5.74, 6) is 0.393. The second kappa shape index (κ2) is 4.19. The highest BCUT2D eigenvalue weighted by molar-refractivity contribution is 9.11. The third-order valence-electron chi connectivity index (χ3n) is 1.91. The van der Waals surface area contributed by atoms with E-state index in [2.05, 4.69) is 22.0 Å². The van der Waals surface area contributed by atoms with Gasteiger partial charge in [-0.1, -0.05) is 6.92 Å². The Balaban J connectivity index is 2.64. The normalized spacial score (nSPS) is 12.9. The van der Waals surface area contributed by atoms with Crippen LogP contribution in [0.5, 0.6) is 0 Å². The van der Waals surface area contributed by atoms with Gasteiger partial charge in [0, 0.05) is 5.92 Å². The molecule has 1 unspecified atom stereocenters. The summed E-state index contributed by atoms with van der Waals surface area (Å²) in [5.41, 5.74) is 1.24. The molecule has 66 valence electrons. The first kappa shape index (κ1) is 9.93. The maximum Gasteiger partial charge on any atom is 0.132 e. The fraction of sp³-hybridized carbons (Fsp3) is 0.444. The van der Waals surface area contributed by atoms with Crippen molar-refractivity contribution in [2.75, 3.05) is 0 Å². The number of ketones is 1. The second-order valence-corrected chi connectivity index (χ2v) is 5.17. The largest absolute Gasteiger partial charge is 0.300 e. The summed E-state index contributed by atoms with van der Waals surface area (Å²) in [6.07, 6.45) is 0.847. The van der Waals surface area contributed by atoms with Gasteiger partial charge in [-0.15, -0.1) is 11.3 Å². The average Bonchev–Trinajstić information content (AvgIpc) is 2.36. The Hall–Kier alpha value is -0.150. The molecule has 0 N–H and O–H groups in total. The average molecular weight is 247 g/mol. The molecule has 1 nitrogen and oxygen atoms in total. The van der Waals surface area contributed by atoms with Crippen molar-refractivity contribution >= 4 is 33.0 Å². The van der Waals surface area contributed by atoms with Crippen molar-refractivity contribution in [3.63, 3.8) is 0 Å². The predicted molar refractivity (Wildman–Crippen MR) is 55.6 cm³/mol. The zero-order valence-electron chi connectivity index (χ0n) is 7.13. The monoisotopic (exact) mass is 246 g/mol. The molecule has 0 saturated carbocycles. The standard InChI is InChI=1S/C9H11BrOS/c1-6(7(2)11)5-8-3-4-12-9(8)10/h3-4,6H,5H2,1-2H3. The lowest BCUT2D eigenvalue weighted by atomic mass is 10.0. The van der Waals surface area contributed by atoms with E-state index in [4.69, 9.17) is 0 Å². The molecule has 1 aromatic heterocycles. The molecule has 0 spiro atoms. The van der Waals surface area contributed by atoms with Crippen LogP contribution in [0.3, 0.4) is 0 Å². The Bertz CT molecular complexity index is 280. The van der Waals surface area contributed by atoms with Gasteiger partial charge in [0.1, 0.15) is 5.78 Å². The van der Waals surface area contributed by atoms with Crippen LogP contribution in [0.15, 0.2) is 15.2 Å². The van der Waals surface area contributed by atoms with E-state index in [1.54, 1.807) is 18.3 Å². The van der Waals surface area contributed by atoms with Crippen LogP contribution in [0.2, 0.25) is 0 Å². The van der Waals surface area contributed by atoms with Crippen LogP contribution >= 0.6 is 27.3 Å². The van der Waals surface area contributed by atoms with Gasteiger partial charge < -0.3 is 0 Å². The summed E-state index contributed by atoms with van der Waals surface area (Å²) >= 11 is 5.11. The summed E-state index contributed by atoms with van der Waals surface area (Å²) in [4.78, 5) is 11.0. The molecule has 0 radical (unpaired) electrons. The van der Waals surface area contributed by atoms with E-state index in [1.165, 1.54) is 5.56 Å². The molecule has 0 saturated heterocycles. The van der Waals surface area contributed by atoms with Gasteiger partial charge in [0.25, 0.3) is 0 Å². The quantitative estimate of drug-likeness (QED) is 0.801. The van der Waals surface area contributed by atoms with Crippen molar-refractivity contribution in [1.29, 1.82) is 0 Å². The highest BCUT2D eigenvalue weighted by atomic mass is 79.9. The van der Waals surface area contributed by atoms with Crippen LogP contribution < -0.4 is 0 Å². The summed E-state index contributed by atoms with van der Waals surface area (Å²) in [6, 6.07) is 2.06. The number of halogens is 1. The van der Waals surface area contributed by atoms with Crippen molar-refractivity contribution < 1.29 is 4.79 Å². The van der Waals surface area contributed by atoms with Crippen molar-refractivity contribution in [3.05, 3.63) is 20.8 Å². The van der Waals surface area contributed by atoms with E-state index in [0.717, 1.165) is 10.2 Å². The summed E-state index contributed by atoms with van der Waals surface area (Å²) in [5, 5.41) is 2.03. The van der Waals surface area contributed by atoms with E-state index in [0.29, 0.717) is 0 Å². The van der Waals surface area contributed by atoms with E-state index in [9.17, 15) is 4.79 Å². The molecule has 0 fully saturated rings. The minimum atomic E-state index is 0.135. The van der Waals surface area contributed by atoms with Gasteiger partial charge in [0.15, 0.2) is 0 Å². The maximum absolute atomic E-state index is 11.0. The van der Waals surface area contributed by atoms with E-state index in [1.807, 2.05) is 12.3 Å². The van der Waals surface area contributed by atoms with Gasteiger partial charge in [-0.2, -0.15) is 0 Å². The number of carbonyl (C=O) groups excluding carboxylic acids is 1. The molecular weight excluding hydrogens is 236 g/mol. The Kier molecular flexibility index (Phi) is 3.47. The lowest BCUT2D eigenvalue weighted by molar-refractivity contribution is -0.120. The van der Waals surface area contributed by atoms with Crippen LogP contribution in [0.1, 0.15) is 19.4 Å². The van der Waals surface area contributed by atoms with Gasteiger partial charge in [-0.05, 0) is 46.3 Å². The minimum Gasteiger partial charge on any atom is -0.300 e. The topological polar surface area (TPSA) is 17.1 Å². The molecule has 1 atom stereocenters. The zero-order chi connectivity index (χ0) is 9.14. The molecule has 1 rings (SSSR count). The molecule has 0 aliphatic heterocycles. The van der Waals surface area contributed by atoms with Crippen LogP contribution in [0, 0.1) is 5.92 Å². The number of Topliss-reactive ketones (excluding diaryl/α,β-unsaturated/α-hetero) is 1. The minimum absolute atomic E-state index is 0.135. The predicted octanol–water partition coefficient (Wildman–Crippen LogP) is 3.28. The first-order valence-electron chi connectivity index (χ1n) is 3.83. The van der Waals surface area contributed by atoms with Gasteiger partial charge in [-0.3, -0.25) is 4.79 Å². The zero-order valence-corrected chi connectivity index (χ0v) is 9.54. The molecule has 0 aromatic carbocycles. The molecule has 3 heteroatoms. The third kappa shape index (κ3) is 2.42. The molecule has 1 heterocycles. The van der Waals surface area contributed by atoms with Gasteiger partial charge in [0.05, 0.1) is 3.79 Å². The number of rotatable bonds is 3. The number of thiophene rings is 1. The number of carbonyl (C=O) groups is 1. The molecule has 0 aliphatic rings. The molecule has 1 aromatic rings. The highest BCUT2D eigenvalue weighted by Crippen LogP contribution is 2.25. The lowest BCUT2D eigenvalue weighted by Gasteiger charge is -2.05. The Labute approximate surface area is 84.9 Å². The molecular formula is C9H11BrOS. The number of hydrogen-bond donors (Lipinski definition) is 0. The Morgan fingerprint density at radius 2 is 2.42 bits per heavy atom. The third-order valence-corrected chi connectivity index (χ3v) is 3.72. The van der Waals surface area contributed by atoms with Crippen LogP contribution in [0.4, 0.5) is 0 Å². The first-order chi connectivity index (χ1) is 5.61. The van der Waals surface area contributed by atoms with Crippen LogP contribution in [0.25, 0.3) is 0 Å². The Morgan fingerprint density at radius 3 is 2.83 bits per heavy atom. The smallest absolute Gasteiger partial charge is 0.132 e. The first-order valence-corrected chi connectivity index (χ1v) is 5.51. The summed E-state index contributed by atoms with van der Waals surface area (Å²) in [6.45, 7) is 3.61. The van der Waals surface area contributed by atoms with Gasteiger partial charge in [0.2, 0.25) is 0 Å². The van der Waals surface area contributed by atoms with Crippen molar-refractivity contribution in [1.82, 2.24) is 0 Å². The van der Waals surface area contributed by atoms with E-state index in [-0.39, 0.29) is 11.7 Å². The number of hydrogen-bond acceptors (Lipinski definition) is 2. The van der Waals surface area contributed by atoms with Crippen molar-refractivity contribution in [2.24, 2.45) is 5.92 Å². The van der Waals surface area contributed by atoms with Gasteiger partial charge >= 0.3 is 0 Å². The molecule has 0 amide bonds. The molecule has 0 bridgehead atoms. The van der Waals surface area contributed by atoms with Crippen molar-refractivity contribution in [2.45, 2.75) is 20.3 Å².